The van der Waals surface area contributed by atoms with E-state index in [1.54, 1.807) is 19.1 Å². The van der Waals surface area contributed by atoms with Crippen LogP contribution in [-0.4, -0.2) is 16.5 Å². The number of aliphatic hydroxyl groups excluding tert-OH is 1. The first-order valence-corrected chi connectivity index (χ1v) is 5.95. The van der Waals surface area contributed by atoms with Gasteiger partial charge in [-0.15, -0.1) is 0 Å². The maximum absolute atomic E-state index is 9.33. The van der Waals surface area contributed by atoms with Crippen LogP contribution >= 0.6 is 11.8 Å². The zero-order chi connectivity index (χ0) is 12.0. The van der Waals surface area contributed by atoms with E-state index in [1.807, 2.05) is 24.6 Å². The van der Waals surface area contributed by atoms with Crippen LogP contribution in [0.15, 0.2) is 29.3 Å². The Morgan fingerprint density at radius 2 is 2.12 bits per heavy atom. The zero-order valence-electron chi connectivity index (χ0n) is 9.14. The van der Waals surface area contributed by atoms with Gasteiger partial charge in [0.2, 0.25) is 0 Å². The normalized spacial score (nSPS) is 13.0. The summed E-state index contributed by atoms with van der Waals surface area (Å²) in [6.45, 7) is 1.71. The van der Waals surface area contributed by atoms with Gasteiger partial charge in [-0.25, -0.2) is 4.99 Å². The zero-order valence-corrected chi connectivity index (χ0v) is 9.95. The Balaban J connectivity index is 2.86. The van der Waals surface area contributed by atoms with Gasteiger partial charge in [-0.05, 0) is 30.9 Å². The van der Waals surface area contributed by atoms with Gasteiger partial charge in [0, 0.05) is 0 Å². The van der Waals surface area contributed by atoms with Crippen molar-refractivity contribution >= 4 is 22.6 Å². The molecule has 0 aliphatic heterocycles. The molecule has 2 N–H and O–H groups in total. The fourth-order valence-corrected chi connectivity index (χ4v) is 1.46. The molecule has 84 valence electrons. The minimum absolute atomic E-state index is 0.477. The monoisotopic (exact) mass is 235 g/mol. The Hall–Kier alpha value is -1.51. The minimum atomic E-state index is -0.477. The first-order chi connectivity index (χ1) is 7.67. The lowest BCUT2D eigenvalue weighted by atomic mass is 10.1. The molecule has 0 fully saturated rings. The molecule has 16 heavy (non-hydrogen) atoms. The molecular weight excluding hydrogens is 222 g/mol. The maximum Gasteiger partial charge on any atom is 0.183 e. The summed E-state index contributed by atoms with van der Waals surface area (Å²) >= 11 is 1.37. The second-order valence-electron chi connectivity index (χ2n) is 3.13. The van der Waals surface area contributed by atoms with E-state index in [2.05, 4.69) is 10.3 Å². The van der Waals surface area contributed by atoms with Crippen LogP contribution in [0.4, 0.5) is 5.69 Å². The van der Waals surface area contributed by atoms with E-state index >= 15 is 0 Å². The first kappa shape index (κ1) is 12.6. The van der Waals surface area contributed by atoms with Crippen LogP contribution in [0.1, 0.15) is 18.6 Å². The van der Waals surface area contributed by atoms with E-state index in [1.165, 1.54) is 11.8 Å². The molecule has 0 spiro atoms. The van der Waals surface area contributed by atoms with Crippen LogP contribution in [0.5, 0.6) is 0 Å². The van der Waals surface area contributed by atoms with Crippen molar-refractivity contribution in [2.24, 2.45) is 4.99 Å². The third-order valence-electron chi connectivity index (χ3n) is 1.96. The van der Waals surface area contributed by atoms with Crippen LogP contribution in [0.2, 0.25) is 0 Å². The lowest BCUT2D eigenvalue weighted by molar-refractivity contribution is 0.199. The van der Waals surface area contributed by atoms with Crippen LogP contribution in [0.25, 0.3) is 0 Å². The van der Waals surface area contributed by atoms with Crippen LogP contribution in [-0.2, 0) is 0 Å². The molecule has 4 nitrogen and oxygen atoms in total. The average molecular weight is 235 g/mol. The predicted molar refractivity (Wildman–Crippen MR) is 66.4 cm³/mol. The molecule has 1 aromatic rings. The minimum Gasteiger partial charge on any atom is -0.389 e. The maximum atomic E-state index is 9.33. The van der Waals surface area contributed by atoms with Gasteiger partial charge in [0.1, 0.15) is 0 Å². The highest BCUT2D eigenvalue weighted by Gasteiger charge is 2.00. The second kappa shape index (κ2) is 6.16. The quantitative estimate of drug-likeness (QED) is 0.357. The van der Waals surface area contributed by atoms with Crippen molar-refractivity contribution in [2.75, 3.05) is 6.26 Å². The summed E-state index contributed by atoms with van der Waals surface area (Å²) in [6, 6.07) is 7.23. The number of nitrogens with zero attached hydrogens (tertiary/aromatic N) is 2. The first-order valence-electron chi connectivity index (χ1n) is 4.73. The number of hydrogen-bond acceptors (Lipinski definition) is 4. The Kier molecular flexibility index (Phi) is 4.83. The molecule has 0 aromatic heterocycles. The number of hydrogen-bond donors (Lipinski definition) is 2. The molecule has 1 aromatic carbocycles. The lowest BCUT2D eigenvalue weighted by Crippen LogP contribution is -2.12. The molecule has 0 saturated heterocycles. The van der Waals surface area contributed by atoms with Crippen LogP contribution in [0, 0.1) is 11.5 Å². The summed E-state index contributed by atoms with van der Waals surface area (Å²) in [5.41, 5.74) is 1.59. The van der Waals surface area contributed by atoms with Gasteiger partial charge >= 0.3 is 0 Å². The average Bonchev–Trinajstić information content (AvgIpc) is 2.29. The molecule has 0 amide bonds. The summed E-state index contributed by atoms with van der Waals surface area (Å²) in [7, 11) is 0. The summed E-state index contributed by atoms with van der Waals surface area (Å²) in [4.78, 5) is 4.23. The SMILES string of the molecule is CSC(=Nc1ccc(C(C)O)cc1)NC#N. The number of aliphatic hydroxyl groups is 1. The van der Waals surface area contributed by atoms with Gasteiger partial charge in [0.25, 0.3) is 0 Å². The Morgan fingerprint density at radius 3 is 2.56 bits per heavy atom. The van der Waals surface area contributed by atoms with E-state index in [0.29, 0.717) is 5.17 Å². The fraction of sp³-hybridized carbons (Fsp3) is 0.273. The smallest absolute Gasteiger partial charge is 0.183 e. The summed E-state index contributed by atoms with van der Waals surface area (Å²) in [5, 5.41) is 20.8. The van der Waals surface area contributed by atoms with Crippen molar-refractivity contribution in [3.8, 4) is 6.19 Å². The number of thioether (sulfide) groups is 1. The van der Waals surface area contributed by atoms with E-state index in [9.17, 15) is 5.11 Å². The molecule has 1 unspecified atom stereocenters. The van der Waals surface area contributed by atoms with Crippen molar-refractivity contribution in [3.05, 3.63) is 29.8 Å². The topological polar surface area (TPSA) is 68.4 Å². The molecule has 0 aliphatic carbocycles. The highest BCUT2D eigenvalue weighted by Crippen LogP contribution is 2.18. The van der Waals surface area contributed by atoms with Crippen LogP contribution in [0.3, 0.4) is 0 Å². The summed E-state index contributed by atoms with van der Waals surface area (Å²) in [6.07, 6.45) is 3.19. The van der Waals surface area contributed by atoms with Crippen molar-refractivity contribution in [1.29, 1.82) is 5.26 Å². The van der Waals surface area contributed by atoms with Crippen molar-refractivity contribution in [2.45, 2.75) is 13.0 Å². The number of rotatable bonds is 2. The molecule has 0 heterocycles. The highest BCUT2D eigenvalue weighted by molar-refractivity contribution is 8.13. The van der Waals surface area contributed by atoms with Crippen molar-refractivity contribution in [1.82, 2.24) is 5.32 Å². The largest absolute Gasteiger partial charge is 0.389 e. The second-order valence-corrected chi connectivity index (χ2v) is 3.92. The van der Waals surface area contributed by atoms with Crippen LogP contribution < -0.4 is 5.32 Å². The number of amidine groups is 1. The van der Waals surface area contributed by atoms with Gasteiger partial charge in [-0.3, -0.25) is 5.32 Å². The number of benzene rings is 1. The molecule has 5 heteroatoms. The van der Waals surface area contributed by atoms with E-state index < -0.39 is 6.10 Å². The van der Waals surface area contributed by atoms with E-state index in [4.69, 9.17) is 5.26 Å². The Morgan fingerprint density at radius 1 is 1.50 bits per heavy atom. The third kappa shape index (κ3) is 3.57. The number of nitrogens with one attached hydrogen (secondary N) is 1. The van der Waals surface area contributed by atoms with E-state index in [-0.39, 0.29) is 0 Å². The van der Waals surface area contributed by atoms with E-state index in [0.717, 1.165) is 11.3 Å². The van der Waals surface area contributed by atoms with Gasteiger partial charge in [0.05, 0.1) is 11.8 Å². The predicted octanol–water partition coefficient (Wildman–Crippen LogP) is 2.16. The molecule has 1 atom stereocenters. The molecule has 0 aliphatic rings. The van der Waals surface area contributed by atoms with Gasteiger partial charge < -0.3 is 5.11 Å². The van der Waals surface area contributed by atoms with Gasteiger partial charge in [-0.1, -0.05) is 23.9 Å². The van der Waals surface area contributed by atoms with Crippen molar-refractivity contribution in [3.63, 3.8) is 0 Å². The van der Waals surface area contributed by atoms with Crippen molar-refractivity contribution < 1.29 is 5.11 Å². The lowest BCUT2D eigenvalue weighted by Gasteiger charge is -2.04. The third-order valence-corrected chi connectivity index (χ3v) is 2.54. The van der Waals surface area contributed by atoms with Gasteiger partial charge in [-0.2, -0.15) is 5.26 Å². The standard InChI is InChI=1S/C11H13N3OS/c1-8(15)9-3-5-10(6-4-9)14-11(16-2)13-7-12/h3-6,8,15H,1-2H3,(H,13,14). The summed E-state index contributed by atoms with van der Waals surface area (Å²) in [5.74, 6) is 0. The fourth-order valence-electron chi connectivity index (χ4n) is 1.12. The molecule has 0 saturated carbocycles. The molecular formula is C11H13N3OS. The highest BCUT2D eigenvalue weighted by atomic mass is 32.2. The Bertz CT molecular complexity index is 406. The molecule has 1 rings (SSSR count). The van der Waals surface area contributed by atoms with Gasteiger partial charge in [0.15, 0.2) is 11.4 Å². The molecule has 0 radical (unpaired) electrons. The molecule has 0 bridgehead atoms. The number of nitriles is 1. The number of aliphatic imine (C=N–C) groups is 1. The summed E-state index contributed by atoms with van der Waals surface area (Å²) < 4.78 is 0. The Labute approximate surface area is 99.0 Å².